The molecule has 1 fully saturated rings. The molecule has 0 radical (unpaired) electrons. The summed E-state index contributed by atoms with van der Waals surface area (Å²) < 4.78 is 11.3. The highest BCUT2D eigenvalue weighted by molar-refractivity contribution is 9.10. The molecule has 2 amide bonds. The Bertz CT molecular complexity index is 1450. The van der Waals surface area contributed by atoms with Gasteiger partial charge in [0.2, 0.25) is 11.8 Å². The molecular formula is C30H22BrNO7. The number of carbonyl (C=O) groups excluding carboxylic acids is 5. The van der Waals surface area contributed by atoms with Crippen LogP contribution in [0.1, 0.15) is 43.9 Å². The fraction of sp³-hybridized carbons (Fsp3) is 0.167. The first-order valence-electron chi connectivity index (χ1n) is 12.2. The molecule has 1 heterocycles. The maximum atomic E-state index is 12.7. The number of ketones is 1. The number of imide groups is 1. The standard InChI is InChI=1S/C30H22BrNO7/c31-21-11-5-20(6-12-21)30(37)39-23-15-9-18(10-16-23)26(33)17-38-29(36)19-7-13-22(14-8-19)32-27(34)24-3-1-2-4-25(24)28(32)35/h1-2,5-16,24-25H,3-4,17H2. The van der Waals surface area contributed by atoms with Crippen molar-refractivity contribution in [2.45, 2.75) is 12.8 Å². The fourth-order valence-electron chi connectivity index (χ4n) is 4.56. The Morgan fingerprint density at radius 3 is 1.82 bits per heavy atom. The lowest BCUT2D eigenvalue weighted by Crippen LogP contribution is -2.30. The van der Waals surface area contributed by atoms with Crippen molar-refractivity contribution in [3.8, 4) is 5.75 Å². The second-order valence-electron chi connectivity index (χ2n) is 9.13. The quantitative estimate of drug-likeness (QED) is 0.123. The van der Waals surface area contributed by atoms with E-state index in [0.29, 0.717) is 24.1 Å². The Hall–Kier alpha value is -4.37. The van der Waals surface area contributed by atoms with E-state index >= 15 is 0 Å². The van der Waals surface area contributed by atoms with Gasteiger partial charge >= 0.3 is 11.9 Å². The molecule has 0 bridgehead atoms. The zero-order valence-corrected chi connectivity index (χ0v) is 22.1. The third-order valence-electron chi connectivity index (χ3n) is 6.67. The SMILES string of the molecule is O=C(COC(=O)c1ccc(N2C(=O)C3CC=CCC3C2=O)cc1)c1ccc(OC(=O)c2ccc(Br)cc2)cc1. The Labute approximate surface area is 232 Å². The van der Waals surface area contributed by atoms with Gasteiger partial charge in [-0.3, -0.25) is 19.3 Å². The van der Waals surface area contributed by atoms with Crippen molar-refractivity contribution in [2.24, 2.45) is 11.8 Å². The van der Waals surface area contributed by atoms with Crippen molar-refractivity contribution in [1.29, 1.82) is 0 Å². The molecule has 8 nitrogen and oxygen atoms in total. The largest absolute Gasteiger partial charge is 0.454 e. The van der Waals surface area contributed by atoms with Crippen LogP contribution in [-0.2, 0) is 14.3 Å². The fourth-order valence-corrected chi connectivity index (χ4v) is 4.82. The van der Waals surface area contributed by atoms with E-state index in [0.717, 1.165) is 4.47 Å². The highest BCUT2D eigenvalue weighted by Crippen LogP contribution is 2.37. The number of halogens is 1. The summed E-state index contributed by atoms with van der Waals surface area (Å²) in [5.74, 6) is -2.56. The highest BCUT2D eigenvalue weighted by atomic mass is 79.9. The molecule has 5 rings (SSSR count). The second-order valence-corrected chi connectivity index (χ2v) is 10.1. The molecule has 1 aliphatic carbocycles. The molecule has 39 heavy (non-hydrogen) atoms. The summed E-state index contributed by atoms with van der Waals surface area (Å²) in [7, 11) is 0. The summed E-state index contributed by atoms with van der Waals surface area (Å²) in [6, 6.07) is 18.6. The number of allylic oxidation sites excluding steroid dienone is 2. The van der Waals surface area contributed by atoms with E-state index in [2.05, 4.69) is 15.9 Å². The van der Waals surface area contributed by atoms with Crippen molar-refractivity contribution >= 4 is 51.2 Å². The van der Waals surface area contributed by atoms with Crippen LogP contribution in [0.2, 0.25) is 0 Å². The van der Waals surface area contributed by atoms with Gasteiger partial charge < -0.3 is 9.47 Å². The maximum Gasteiger partial charge on any atom is 0.343 e. The average Bonchev–Trinajstić information content (AvgIpc) is 3.22. The van der Waals surface area contributed by atoms with E-state index in [4.69, 9.17) is 9.47 Å². The van der Waals surface area contributed by atoms with Gasteiger partial charge in [0.1, 0.15) is 5.75 Å². The molecule has 3 aromatic rings. The van der Waals surface area contributed by atoms with Gasteiger partial charge in [-0.1, -0.05) is 28.1 Å². The monoisotopic (exact) mass is 587 g/mol. The number of carbonyl (C=O) groups is 5. The lowest BCUT2D eigenvalue weighted by Gasteiger charge is -2.15. The number of Topliss-reactive ketones (excluding diaryl/α,β-unsaturated/α-hetero) is 1. The third-order valence-corrected chi connectivity index (χ3v) is 7.20. The number of amides is 2. The van der Waals surface area contributed by atoms with Gasteiger partial charge in [0.15, 0.2) is 12.4 Å². The summed E-state index contributed by atoms with van der Waals surface area (Å²) in [5, 5.41) is 0. The van der Waals surface area contributed by atoms with Gasteiger partial charge in [0.05, 0.1) is 28.7 Å². The molecule has 3 aromatic carbocycles. The van der Waals surface area contributed by atoms with Crippen LogP contribution >= 0.6 is 15.9 Å². The van der Waals surface area contributed by atoms with Crippen LogP contribution in [0.4, 0.5) is 5.69 Å². The number of rotatable bonds is 7. The number of benzene rings is 3. The summed E-state index contributed by atoms with van der Waals surface area (Å²) >= 11 is 3.31. The van der Waals surface area contributed by atoms with Crippen LogP contribution in [0.15, 0.2) is 89.4 Å². The first-order chi connectivity index (χ1) is 18.8. The summed E-state index contributed by atoms with van der Waals surface area (Å²) in [5.41, 5.74) is 1.24. The molecule has 9 heteroatoms. The van der Waals surface area contributed by atoms with Crippen LogP contribution < -0.4 is 9.64 Å². The van der Waals surface area contributed by atoms with Crippen molar-refractivity contribution in [2.75, 3.05) is 11.5 Å². The average molecular weight is 588 g/mol. The van der Waals surface area contributed by atoms with Gasteiger partial charge in [-0.15, -0.1) is 0 Å². The van der Waals surface area contributed by atoms with E-state index in [9.17, 15) is 24.0 Å². The number of ether oxygens (including phenoxy) is 2. The Morgan fingerprint density at radius 1 is 0.718 bits per heavy atom. The first-order valence-corrected chi connectivity index (χ1v) is 13.0. The minimum Gasteiger partial charge on any atom is -0.454 e. The maximum absolute atomic E-state index is 12.7. The molecule has 1 aliphatic heterocycles. The lowest BCUT2D eigenvalue weighted by molar-refractivity contribution is -0.122. The number of hydrogen-bond donors (Lipinski definition) is 0. The Kier molecular flexibility index (Phi) is 7.51. The highest BCUT2D eigenvalue weighted by Gasteiger charge is 2.47. The minimum absolute atomic E-state index is 0.180. The van der Waals surface area contributed by atoms with Crippen LogP contribution in [0.5, 0.6) is 5.75 Å². The zero-order chi connectivity index (χ0) is 27.5. The number of anilines is 1. The predicted octanol–water partition coefficient (Wildman–Crippen LogP) is 5.16. The molecule has 2 aliphatic rings. The Morgan fingerprint density at radius 2 is 1.23 bits per heavy atom. The summed E-state index contributed by atoms with van der Waals surface area (Å²) in [6.45, 7) is -0.488. The van der Waals surface area contributed by atoms with Crippen molar-refractivity contribution in [1.82, 2.24) is 0 Å². The topological polar surface area (TPSA) is 107 Å². The van der Waals surface area contributed by atoms with Gasteiger partial charge in [-0.25, -0.2) is 9.59 Å². The second kappa shape index (κ2) is 11.2. The Balaban J connectivity index is 1.15. The van der Waals surface area contributed by atoms with E-state index in [-0.39, 0.29) is 40.5 Å². The van der Waals surface area contributed by atoms with E-state index in [1.54, 1.807) is 24.3 Å². The molecule has 0 aromatic heterocycles. The van der Waals surface area contributed by atoms with Crippen molar-refractivity contribution < 1.29 is 33.4 Å². The molecule has 196 valence electrons. The van der Waals surface area contributed by atoms with E-state index in [1.807, 2.05) is 12.2 Å². The third kappa shape index (κ3) is 5.58. The zero-order valence-electron chi connectivity index (χ0n) is 20.5. The molecule has 1 saturated heterocycles. The van der Waals surface area contributed by atoms with Crippen LogP contribution in [0.3, 0.4) is 0 Å². The van der Waals surface area contributed by atoms with Crippen molar-refractivity contribution in [3.05, 3.63) is 106 Å². The van der Waals surface area contributed by atoms with Crippen LogP contribution in [0.25, 0.3) is 0 Å². The van der Waals surface area contributed by atoms with Gasteiger partial charge in [-0.2, -0.15) is 0 Å². The normalized spacial score (nSPS) is 18.0. The summed E-state index contributed by atoms with van der Waals surface area (Å²) in [6.07, 6.45) is 4.93. The molecule has 2 atom stereocenters. The van der Waals surface area contributed by atoms with Gasteiger partial charge in [0.25, 0.3) is 0 Å². The molecule has 2 unspecified atom stereocenters. The van der Waals surface area contributed by atoms with Gasteiger partial charge in [-0.05, 0) is 85.6 Å². The van der Waals surface area contributed by atoms with E-state index < -0.39 is 24.3 Å². The summed E-state index contributed by atoms with van der Waals surface area (Å²) in [4.78, 5) is 63.9. The van der Waals surface area contributed by atoms with Gasteiger partial charge in [0, 0.05) is 10.0 Å². The number of hydrogen-bond acceptors (Lipinski definition) is 7. The number of nitrogens with zero attached hydrogens (tertiary/aromatic N) is 1. The predicted molar refractivity (Wildman–Crippen MR) is 144 cm³/mol. The molecule has 0 N–H and O–H groups in total. The molecule has 0 spiro atoms. The van der Waals surface area contributed by atoms with E-state index in [1.165, 1.54) is 53.4 Å². The minimum atomic E-state index is -0.716. The lowest BCUT2D eigenvalue weighted by atomic mass is 9.85. The molecule has 0 saturated carbocycles. The van der Waals surface area contributed by atoms with Crippen molar-refractivity contribution in [3.63, 3.8) is 0 Å². The van der Waals surface area contributed by atoms with Crippen LogP contribution in [-0.4, -0.2) is 36.1 Å². The smallest absolute Gasteiger partial charge is 0.343 e. The number of fused-ring (bicyclic) bond motifs is 1. The molecular weight excluding hydrogens is 566 g/mol. The number of esters is 2. The first kappa shape index (κ1) is 26.2. The van der Waals surface area contributed by atoms with Crippen LogP contribution in [0, 0.1) is 11.8 Å².